The summed E-state index contributed by atoms with van der Waals surface area (Å²) >= 11 is 0. The number of hydrogen-bond donors (Lipinski definition) is 1. The van der Waals surface area contributed by atoms with E-state index in [1.54, 1.807) is 6.92 Å². The third-order valence-corrected chi connectivity index (χ3v) is 5.61. The summed E-state index contributed by atoms with van der Waals surface area (Å²) in [6, 6.07) is 1.12. The molecule has 0 radical (unpaired) electrons. The zero-order valence-electron chi connectivity index (χ0n) is 12.5. The van der Waals surface area contributed by atoms with Crippen LogP contribution >= 0.6 is 0 Å². The lowest BCUT2D eigenvalue weighted by Gasteiger charge is -2.31. The lowest BCUT2D eigenvalue weighted by atomic mass is 9.99. The Morgan fingerprint density at radius 2 is 2.27 bits per heavy atom. The molecule has 0 bridgehead atoms. The Morgan fingerprint density at radius 3 is 2.95 bits per heavy atom. The molecule has 2 rings (SSSR count). The van der Waals surface area contributed by atoms with Crippen molar-refractivity contribution in [2.24, 2.45) is 5.92 Å². The van der Waals surface area contributed by atoms with Crippen molar-refractivity contribution in [3.63, 3.8) is 0 Å². The summed E-state index contributed by atoms with van der Waals surface area (Å²) in [4.78, 5) is 15.6. The van der Waals surface area contributed by atoms with E-state index in [9.17, 15) is 17.6 Å². The average molecular weight is 329 g/mol. The van der Waals surface area contributed by atoms with Gasteiger partial charge in [-0.1, -0.05) is 0 Å². The monoisotopic (exact) mass is 329 g/mol. The van der Waals surface area contributed by atoms with Gasteiger partial charge in [-0.2, -0.15) is 0 Å². The summed E-state index contributed by atoms with van der Waals surface area (Å²) in [6.45, 7) is 2.94. The average Bonchev–Trinajstić information content (AvgIpc) is 2.53. The van der Waals surface area contributed by atoms with Crippen LogP contribution in [0.5, 0.6) is 0 Å². The fraction of sp³-hybridized carbons (Fsp3) is 0.571. The van der Waals surface area contributed by atoms with Gasteiger partial charge >= 0.3 is 0 Å². The molecule has 1 unspecified atom stereocenters. The lowest BCUT2D eigenvalue weighted by Crippen LogP contribution is -2.44. The number of amides is 1. The molecular formula is C14H20FN3O3S. The SMILES string of the molecule is CCS(=O)(=O)N1CCCC(CNC(=O)c2cncc(F)c2)C1. The van der Waals surface area contributed by atoms with Crippen LogP contribution in [-0.2, 0) is 10.0 Å². The predicted octanol–water partition coefficient (Wildman–Crippen LogP) is 1.01. The number of carbonyl (C=O) groups excluding carboxylic acids is 1. The quantitative estimate of drug-likeness (QED) is 0.874. The Labute approximate surface area is 129 Å². The molecular weight excluding hydrogens is 309 g/mol. The van der Waals surface area contributed by atoms with Gasteiger partial charge in [-0.05, 0) is 31.7 Å². The highest BCUT2D eigenvalue weighted by atomic mass is 32.2. The van der Waals surface area contributed by atoms with Crippen LogP contribution in [0.4, 0.5) is 4.39 Å². The van der Waals surface area contributed by atoms with Crippen molar-refractivity contribution in [1.82, 2.24) is 14.6 Å². The highest BCUT2D eigenvalue weighted by molar-refractivity contribution is 7.89. The third-order valence-electron chi connectivity index (χ3n) is 3.76. The molecule has 1 aromatic heterocycles. The third kappa shape index (κ3) is 4.23. The molecule has 1 N–H and O–H groups in total. The van der Waals surface area contributed by atoms with Crippen LogP contribution in [0.15, 0.2) is 18.5 Å². The van der Waals surface area contributed by atoms with Crippen molar-refractivity contribution >= 4 is 15.9 Å². The molecule has 6 nitrogen and oxygen atoms in total. The Hall–Kier alpha value is -1.54. The normalized spacial score (nSPS) is 19.8. The lowest BCUT2D eigenvalue weighted by molar-refractivity contribution is 0.0940. The smallest absolute Gasteiger partial charge is 0.252 e. The minimum atomic E-state index is -3.19. The molecule has 122 valence electrons. The van der Waals surface area contributed by atoms with Crippen molar-refractivity contribution in [3.05, 3.63) is 29.8 Å². The minimum absolute atomic E-state index is 0.0699. The van der Waals surface area contributed by atoms with Gasteiger partial charge in [-0.15, -0.1) is 0 Å². The fourth-order valence-corrected chi connectivity index (χ4v) is 3.71. The van der Waals surface area contributed by atoms with Crippen LogP contribution in [0.25, 0.3) is 0 Å². The van der Waals surface area contributed by atoms with Gasteiger partial charge in [-0.3, -0.25) is 9.78 Å². The Bertz CT molecular complexity index is 636. The second kappa shape index (κ2) is 7.15. The number of carbonyl (C=O) groups is 1. The van der Waals surface area contributed by atoms with Crippen molar-refractivity contribution in [1.29, 1.82) is 0 Å². The molecule has 1 atom stereocenters. The molecule has 0 aromatic carbocycles. The van der Waals surface area contributed by atoms with E-state index in [0.29, 0.717) is 19.6 Å². The highest BCUT2D eigenvalue weighted by Crippen LogP contribution is 2.19. The molecule has 1 aromatic rings. The number of halogens is 1. The summed E-state index contributed by atoms with van der Waals surface area (Å²) in [5.41, 5.74) is 0.161. The number of nitrogens with one attached hydrogen (secondary N) is 1. The van der Waals surface area contributed by atoms with E-state index in [-0.39, 0.29) is 17.2 Å². The molecule has 2 heterocycles. The first-order valence-electron chi connectivity index (χ1n) is 7.29. The van der Waals surface area contributed by atoms with Crippen molar-refractivity contribution in [2.75, 3.05) is 25.4 Å². The van der Waals surface area contributed by atoms with Gasteiger partial charge < -0.3 is 5.32 Å². The van der Waals surface area contributed by atoms with Gasteiger partial charge in [0.1, 0.15) is 5.82 Å². The predicted molar refractivity (Wildman–Crippen MR) is 80.3 cm³/mol. The molecule has 0 spiro atoms. The van der Waals surface area contributed by atoms with Crippen LogP contribution in [-0.4, -0.2) is 49.0 Å². The zero-order chi connectivity index (χ0) is 16.2. The Balaban J connectivity index is 1.90. The maximum Gasteiger partial charge on any atom is 0.252 e. The maximum atomic E-state index is 13.0. The summed E-state index contributed by atoms with van der Waals surface area (Å²) in [6.07, 6.45) is 3.97. The fourth-order valence-electron chi connectivity index (χ4n) is 2.50. The number of piperidine rings is 1. The molecule has 0 saturated carbocycles. The molecule has 22 heavy (non-hydrogen) atoms. The molecule has 1 fully saturated rings. The summed E-state index contributed by atoms with van der Waals surface area (Å²) in [7, 11) is -3.19. The number of rotatable bonds is 5. The molecule has 1 aliphatic rings. The summed E-state index contributed by atoms with van der Waals surface area (Å²) in [5.74, 6) is -0.810. The van der Waals surface area contributed by atoms with Gasteiger partial charge in [-0.25, -0.2) is 17.1 Å². The van der Waals surface area contributed by atoms with Gasteiger partial charge in [0.05, 0.1) is 17.5 Å². The molecule has 8 heteroatoms. The second-order valence-corrected chi connectivity index (χ2v) is 7.63. The number of hydrogen-bond acceptors (Lipinski definition) is 4. The Morgan fingerprint density at radius 1 is 1.50 bits per heavy atom. The number of pyridine rings is 1. The number of nitrogens with zero attached hydrogens (tertiary/aromatic N) is 2. The Kier molecular flexibility index (Phi) is 5.47. The van der Waals surface area contributed by atoms with Gasteiger partial charge in [0, 0.05) is 25.8 Å². The van der Waals surface area contributed by atoms with E-state index in [1.165, 1.54) is 10.5 Å². The van der Waals surface area contributed by atoms with Crippen LogP contribution in [0, 0.1) is 11.7 Å². The number of sulfonamides is 1. The molecule has 1 aliphatic heterocycles. The van der Waals surface area contributed by atoms with E-state index in [2.05, 4.69) is 10.3 Å². The topological polar surface area (TPSA) is 79.4 Å². The highest BCUT2D eigenvalue weighted by Gasteiger charge is 2.27. The second-order valence-electron chi connectivity index (χ2n) is 5.37. The van der Waals surface area contributed by atoms with Crippen molar-refractivity contribution in [3.8, 4) is 0 Å². The van der Waals surface area contributed by atoms with Gasteiger partial charge in [0.25, 0.3) is 5.91 Å². The molecule has 0 aliphatic carbocycles. The minimum Gasteiger partial charge on any atom is -0.352 e. The standard InChI is InChI=1S/C14H20FN3O3S/c1-2-22(20,21)18-5-3-4-11(10-18)7-17-14(19)12-6-13(15)9-16-8-12/h6,8-9,11H,2-5,7,10H2,1H3,(H,17,19). The zero-order valence-corrected chi connectivity index (χ0v) is 13.3. The van der Waals surface area contributed by atoms with E-state index < -0.39 is 21.7 Å². The van der Waals surface area contributed by atoms with Crippen LogP contribution in [0.1, 0.15) is 30.1 Å². The molecule has 1 saturated heterocycles. The van der Waals surface area contributed by atoms with E-state index in [0.717, 1.165) is 25.1 Å². The van der Waals surface area contributed by atoms with Crippen LogP contribution in [0.2, 0.25) is 0 Å². The van der Waals surface area contributed by atoms with E-state index in [1.807, 2.05) is 0 Å². The van der Waals surface area contributed by atoms with E-state index >= 15 is 0 Å². The number of aromatic nitrogens is 1. The summed E-state index contributed by atoms with van der Waals surface area (Å²) in [5, 5.41) is 2.72. The van der Waals surface area contributed by atoms with Crippen molar-refractivity contribution < 1.29 is 17.6 Å². The molecule has 1 amide bonds. The maximum absolute atomic E-state index is 13.0. The van der Waals surface area contributed by atoms with E-state index in [4.69, 9.17) is 0 Å². The van der Waals surface area contributed by atoms with Crippen LogP contribution < -0.4 is 5.32 Å². The first kappa shape index (κ1) is 16.8. The van der Waals surface area contributed by atoms with Crippen LogP contribution in [0.3, 0.4) is 0 Å². The largest absolute Gasteiger partial charge is 0.352 e. The summed E-state index contributed by atoms with van der Waals surface area (Å²) < 4.78 is 38.3. The van der Waals surface area contributed by atoms with Gasteiger partial charge in [0.2, 0.25) is 10.0 Å². The van der Waals surface area contributed by atoms with Gasteiger partial charge in [0.15, 0.2) is 0 Å². The van der Waals surface area contributed by atoms with Crippen molar-refractivity contribution in [2.45, 2.75) is 19.8 Å². The first-order valence-corrected chi connectivity index (χ1v) is 8.90. The first-order chi connectivity index (χ1) is 10.4.